The van der Waals surface area contributed by atoms with Gasteiger partial charge in [-0.2, -0.15) is 0 Å². The minimum absolute atomic E-state index is 0.183. The summed E-state index contributed by atoms with van der Waals surface area (Å²) in [7, 11) is 0. The fraction of sp³-hybridized carbons (Fsp3) is 0.500. The number of nitrogens with one attached hydrogen (secondary N) is 1. The largest absolute Gasteiger partial charge is 0.501 e. The van der Waals surface area contributed by atoms with Gasteiger partial charge in [-0.15, -0.1) is 0 Å². The van der Waals surface area contributed by atoms with Gasteiger partial charge in [0.15, 0.2) is 5.69 Å². The molecule has 1 fully saturated rings. The molecule has 3 heterocycles. The van der Waals surface area contributed by atoms with Crippen molar-refractivity contribution in [3.8, 4) is 5.75 Å². The van der Waals surface area contributed by atoms with E-state index in [0.717, 1.165) is 0 Å². The normalized spacial score (nSPS) is 28.0. The van der Waals surface area contributed by atoms with Crippen LogP contribution in [0.5, 0.6) is 5.75 Å². The van der Waals surface area contributed by atoms with E-state index in [1.165, 1.54) is 10.0 Å². The number of carbonyl (C=O) groups is 1. The van der Waals surface area contributed by atoms with E-state index >= 15 is 0 Å². The fourth-order valence-electron chi connectivity index (χ4n) is 2.57. The summed E-state index contributed by atoms with van der Waals surface area (Å²) in [5, 5.41) is 18.3. The van der Waals surface area contributed by atoms with Crippen molar-refractivity contribution < 1.29 is 19.8 Å². The number of nitrogens with zero attached hydrogens (tertiary/aromatic N) is 2. The molecular formula is C10H12N4O5. The zero-order valence-corrected chi connectivity index (χ0v) is 9.79. The molecule has 9 heteroatoms. The highest BCUT2D eigenvalue weighted by Gasteiger charge is 2.47. The third-order valence-electron chi connectivity index (χ3n) is 3.46. The zero-order chi connectivity index (χ0) is 13.8. The molecule has 0 aromatic carbocycles. The number of fused-ring (bicyclic) bond motifs is 4. The van der Waals surface area contributed by atoms with Crippen LogP contribution in [0, 0.1) is 0 Å². The SMILES string of the molecule is NC12COC(Cn3c1nc(C(=O)NO)c(O)c3=O)C2. The molecule has 1 amide bonds. The maximum absolute atomic E-state index is 12.0. The highest BCUT2D eigenvalue weighted by molar-refractivity contribution is 5.93. The second-order valence-electron chi connectivity index (χ2n) is 4.78. The van der Waals surface area contributed by atoms with Gasteiger partial charge in [0, 0.05) is 6.42 Å². The lowest BCUT2D eigenvalue weighted by atomic mass is 9.92. The Kier molecular flexibility index (Phi) is 2.39. The summed E-state index contributed by atoms with van der Waals surface area (Å²) in [5.74, 6) is -1.70. The molecular weight excluding hydrogens is 256 g/mol. The lowest BCUT2D eigenvalue weighted by molar-refractivity contribution is 0.0695. The number of hydrogen-bond donors (Lipinski definition) is 4. The van der Waals surface area contributed by atoms with Crippen LogP contribution in [-0.4, -0.2) is 38.5 Å². The summed E-state index contributed by atoms with van der Waals surface area (Å²) in [6.07, 6.45) is 0.290. The van der Waals surface area contributed by atoms with Gasteiger partial charge in [-0.05, 0) is 0 Å². The predicted molar refractivity (Wildman–Crippen MR) is 59.6 cm³/mol. The molecule has 0 aliphatic carbocycles. The van der Waals surface area contributed by atoms with E-state index in [4.69, 9.17) is 15.7 Å². The summed E-state index contributed by atoms with van der Waals surface area (Å²) < 4.78 is 6.64. The van der Waals surface area contributed by atoms with Crippen LogP contribution in [0.15, 0.2) is 4.79 Å². The van der Waals surface area contributed by atoms with E-state index in [-0.39, 0.29) is 25.1 Å². The fourth-order valence-corrected chi connectivity index (χ4v) is 2.57. The van der Waals surface area contributed by atoms with Crippen LogP contribution in [0.25, 0.3) is 0 Å². The average molecular weight is 268 g/mol. The molecule has 1 aromatic rings. The van der Waals surface area contributed by atoms with Crippen LogP contribution in [-0.2, 0) is 16.8 Å². The number of rotatable bonds is 1. The second-order valence-corrected chi connectivity index (χ2v) is 4.78. The van der Waals surface area contributed by atoms with Crippen LogP contribution in [0.1, 0.15) is 22.7 Å². The van der Waals surface area contributed by atoms with E-state index in [1.54, 1.807) is 0 Å². The number of ether oxygens (including phenoxy) is 1. The van der Waals surface area contributed by atoms with Crippen LogP contribution >= 0.6 is 0 Å². The van der Waals surface area contributed by atoms with E-state index in [9.17, 15) is 14.7 Å². The standard InChI is InChI=1S/C10H12N4O5/c11-10-1-4(19-3-10)2-14-8(17)6(15)5(7(16)13-18)12-9(10)14/h4,15,18H,1-3,11H2,(H,13,16). The molecule has 2 unspecified atom stereocenters. The molecule has 0 saturated carbocycles. The second kappa shape index (κ2) is 3.76. The number of hydrogen-bond acceptors (Lipinski definition) is 7. The van der Waals surface area contributed by atoms with Crippen molar-refractivity contribution >= 4 is 5.91 Å². The summed E-state index contributed by atoms with van der Waals surface area (Å²) in [5.41, 5.74) is 5.17. The highest BCUT2D eigenvalue weighted by Crippen LogP contribution is 2.35. The van der Waals surface area contributed by atoms with Crippen LogP contribution in [0.4, 0.5) is 0 Å². The number of hydroxylamine groups is 1. The third-order valence-corrected chi connectivity index (χ3v) is 3.46. The van der Waals surface area contributed by atoms with Gasteiger partial charge in [0.1, 0.15) is 11.4 Å². The Hall–Kier alpha value is -1.97. The predicted octanol–water partition coefficient (Wildman–Crippen LogP) is -1.98. The summed E-state index contributed by atoms with van der Waals surface area (Å²) >= 11 is 0. The number of nitrogens with two attached hydrogens (primary N) is 1. The van der Waals surface area contributed by atoms with Gasteiger partial charge in [0.25, 0.3) is 11.5 Å². The monoisotopic (exact) mass is 268 g/mol. The van der Waals surface area contributed by atoms with Crippen molar-refractivity contribution in [1.82, 2.24) is 15.0 Å². The molecule has 1 saturated heterocycles. The number of carbonyl (C=O) groups excluding carboxylic acids is 1. The van der Waals surface area contributed by atoms with Crippen molar-refractivity contribution in [2.24, 2.45) is 5.73 Å². The molecule has 3 rings (SSSR count). The van der Waals surface area contributed by atoms with Crippen molar-refractivity contribution in [2.45, 2.75) is 24.6 Å². The first-order valence-electron chi connectivity index (χ1n) is 5.65. The molecule has 2 aliphatic rings. The van der Waals surface area contributed by atoms with Gasteiger partial charge < -0.3 is 15.6 Å². The first kappa shape index (κ1) is 12.1. The van der Waals surface area contributed by atoms with Crippen molar-refractivity contribution in [3.05, 3.63) is 21.9 Å². The Labute approximate surface area is 106 Å². The first-order valence-corrected chi connectivity index (χ1v) is 5.65. The first-order chi connectivity index (χ1) is 8.96. The zero-order valence-electron chi connectivity index (χ0n) is 9.79. The Bertz CT molecular complexity index is 627. The Morgan fingerprint density at radius 2 is 2.37 bits per heavy atom. The summed E-state index contributed by atoms with van der Waals surface area (Å²) in [4.78, 5) is 27.3. The van der Waals surface area contributed by atoms with Gasteiger partial charge in [-0.1, -0.05) is 0 Å². The molecule has 102 valence electrons. The Balaban J connectivity index is 2.26. The van der Waals surface area contributed by atoms with E-state index in [0.29, 0.717) is 6.42 Å². The van der Waals surface area contributed by atoms with Crippen molar-refractivity contribution in [3.63, 3.8) is 0 Å². The van der Waals surface area contributed by atoms with E-state index in [2.05, 4.69) is 4.98 Å². The molecule has 2 bridgehead atoms. The molecule has 0 radical (unpaired) electrons. The van der Waals surface area contributed by atoms with Crippen LogP contribution in [0.2, 0.25) is 0 Å². The Morgan fingerprint density at radius 3 is 3.05 bits per heavy atom. The number of aromatic nitrogens is 2. The third kappa shape index (κ3) is 1.56. The van der Waals surface area contributed by atoms with Gasteiger partial charge in [-0.3, -0.25) is 19.4 Å². The number of aromatic hydroxyl groups is 1. The van der Waals surface area contributed by atoms with E-state index < -0.39 is 28.4 Å². The van der Waals surface area contributed by atoms with Crippen LogP contribution < -0.4 is 16.8 Å². The molecule has 19 heavy (non-hydrogen) atoms. The Morgan fingerprint density at radius 1 is 1.63 bits per heavy atom. The summed E-state index contributed by atoms with van der Waals surface area (Å²) in [6, 6.07) is 0. The summed E-state index contributed by atoms with van der Waals surface area (Å²) in [6.45, 7) is 0.420. The molecule has 0 spiro atoms. The van der Waals surface area contributed by atoms with E-state index in [1.807, 2.05) is 0 Å². The van der Waals surface area contributed by atoms with Gasteiger partial charge in [-0.25, -0.2) is 10.5 Å². The number of amides is 1. The maximum Gasteiger partial charge on any atom is 0.297 e. The van der Waals surface area contributed by atoms with Gasteiger partial charge >= 0.3 is 0 Å². The lowest BCUT2D eigenvalue weighted by Crippen LogP contribution is -2.48. The highest BCUT2D eigenvalue weighted by atomic mass is 16.5. The molecule has 5 N–H and O–H groups in total. The topological polar surface area (TPSA) is 140 Å². The lowest BCUT2D eigenvalue weighted by Gasteiger charge is -2.29. The molecule has 2 aliphatic heterocycles. The minimum atomic E-state index is -1.07. The van der Waals surface area contributed by atoms with Gasteiger partial charge in [0.05, 0.1) is 19.3 Å². The average Bonchev–Trinajstić information content (AvgIpc) is 2.71. The van der Waals surface area contributed by atoms with Crippen LogP contribution in [0.3, 0.4) is 0 Å². The molecule has 1 aromatic heterocycles. The maximum atomic E-state index is 12.0. The molecule has 2 atom stereocenters. The smallest absolute Gasteiger partial charge is 0.297 e. The minimum Gasteiger partial charge on any atom is -0.501 e. The molecule has 9 nitrogen and oxygen atoms in total. The van der Waals surface area contributed by atoms with Crippen molar-refractivity contribution in [1.29, 1.82) is 0 Å². The quantitative estimate of drug-likeness (QED) is 0.342. The van der Waals surface area contributed by atoms with Gasteiger partial charge in [0.2, 0.25) is 5.75 Å². The van der Waals surface area contributed by atoms with Crippen molar-refractivity contribution in [2.75, 3.05) is 6.61 Å².